The minimum Gasteiger partial charge on any atom is -0.383 e. The Morgan fingerprint density at radius 3 is 2.92 bits per heavy atom. The van der Waals surface area contributed by atoms with Gasteiger partial charge in [0.1, 0.15) is 5.82 Å². The molecule has 12 heavy (non-hydrogen) atoms. The summed E-state index contributed by atoms with van der Waals surface area (Å²) in [6, 6.07) is 1.02. The second kappa shape index (κ2) is 2.86. The Hall–Kier alpha value is -2.12. The van der Waals surface area contributed by atoms with Crippen LogP contribution in [0.15, 0.2) is 10.9 Å². The summed E-state index contributed by atoms with van der Waals surface area (Å²) in [6.45, 7) is 0. The lowest BCUT2D eigenvalue weighted by molar-refractivity contribution is -0.446. The van der Waals surface area contributed by atoms with Gasteiger partial charge in [0.05, 0.1) is 0 Å². The van der Waals surface area contributed by atoms with Gasteiger partial charge < -0.3 is 5.73 Å². The lowest BCUT2D eigenvalue weighted by Gasteiger charge is -1.95. The fraction of sp³-hybridized carbons (Fsp3) is 0. The molecule has 0 aliphatic rings. The molecule has 0 saturated carbocycles. The molecule has 1 aromatic heterocycles. The SMILES string of the molecule is Nc1cc(=O)[nH]c(N[N+](=O)[O-])n1. The smallest absolute Gasteiger partial charge is 0.267 e. The monoisotopic (exact) mass is 171 g/mol. The van der Waals surface area contributed by atoms with E-state index in [0.717, 1.165) is 6.07 Å². The van der Waals surface area contributed by atoms with Crippen molar-refractivity contribution in [2.24, 2.45) is 0 Å². The molecule has 64 valence electrons. The van der Waals surface area contributed by atoms with Gasteiger partial charge >= 0.3 is 0 Å². The highest BCUT2D eigenvalue weighted by Gasteiger charge is 2.02. The molecule has 0 aromatic carbocycles. The fourth-order valence-electron chi connectivity index (χ4n) is 0.616. The van der Waals surface area contributed by atoms with Gasteiger partial charge in [0.25, 0.3) is 11.5 Å². The molecule has 1 rings (SSSR count). The van der Waals surface area contributed by atoms with Crippen LogP contribution in [0, 0.1) is 10.1 Å². The number of nitrogen functional groups attached to an aromatic ring is 1. The van der Waals surface area contributed by atoms with Crippen LogP contribution in [0.5, 0.6) is 0 Å². The molecule has 0 unspecified atom stereocenters. The Kier molecular flexibility index (Phi) is 1.90. The summed E-state index contributed by atoms with van der Waals surface area (Å²) in [5.41, 5.74) is 6.25. The van der Waals surface area contributed by atoms with Gasteiger partial charge in [-0.05, 0) is 0 Å². The highest BCUT2D eigenvalue weighted by Crippen LogP contribution is 1.96. The molecule has 0 fully saturated rings. The predicted octanol–water partition coefficient (Wildman–Crippen LogP) is -1.04. The zero-order valence-corrected chi connectivity index (χ0v) is 5.77. The molecule has 4 N–H and O–H groups in total. The zero-order valence-electron chi connectivity index (χ0n) is 5.77. The van der Waals surface area contributed by atoms with Gasteiger partial charge in [0.2, 0.25) is 0 Å². The molecule has 0 aliphatic heterocycles. The average Bonchev–Trinajstić information content (AvgIpc) is 1.81. The first-order valence-corrected chi connectivity index (χ1v) is 2.86. The molecule has 1 heterocycles. The first-order chi connectivity index (χ1) is 5.58. The van der Waals surface area contributed by atoms with Crippen LogP contribution in [0.3, 0.4) is 0 Å². The molecule has 0 bridgehead atoms. The summed E-state index contributed by atoms with van der Waals surface area (Å²) >= 11 is 0. The van der Waals surface area contributed by atoms with E-state index in [-0.39, 0.29) is 11.8 Å². The molecule has 0 radical (unpaired) electrons. The van der Waals surface area contributed by atoms with Crippen LogP contribution in [-0.4, -0.2) is 15.0 Å². The van der Waals surface area contributed by atoms with Crippen molar-refractivity contribution >= 4 is 11.8 Å². The van der Waals surface area contributed by atoms with Crippen LogP contribution >= 0.6 is 0 Å². The number of hydrazine groups is 1. The summed E-state index contributed by atoms with van der Waals surface area (Å²) < 4.78 is 0. The Morgan fingerprint density at radius 1 is 1.75 bits per heavy atom. The van der Waals surface area contributed by atoms with Gasteiger partial charge in [-0.2, -0.15) is 4.98 Å². The molecule has 0 atom stereocenters. The van der Waals surface area contributed by atoms with Crippen molar-refractivity contribution in [1.29, 1.82) is 0 Å². The molecule has 8 heteroatoms. The summed E-state index contributed by atoms with van der Waals surface area (Å²) in [5.74, 6) is -0.367. The number of nitrogens with one attached hydrogen (secondary N) is 2. The summed E-state index contributed by atoms with van der Waals surface area (Å²) in [4.78, 5) is 26.1. The number of nitrogens with two attached hydrogens (primary N) is 1. The first kappa shape index (κ1) is 7.98. The number of anilines is 2. The van der Waals surface area contributed by atoms with Crippen LogP contribution in [0.2, 0.25) is 0 Å². The molecule has 0 spiro atoms. The standard InChI is InChI=1S/C4H5N5O3/c5-2-1-3(10)7-4(6-2)8-9(11)12/h1H,(H4,5,6,7,8,10). The topological polar surface area (TPSA) is 127 Å². The molecule has 8 nitrogen and oxygen atoms in total. The molecule has 0 aliphatic carbocycles. The number of aromatic nitrogens is 2. The van der Waals surface area contributed by atoms with Crippen LogP contribution < -0.4 is 16.7 Å². The van der Waals surface area contributed by atoms with Crippen LogP contribution in [-0.2, 0) is 0 Å². The van der Waals surface area contributed by atoms with Crippen molar-refractivity contribution in [3.63, 3.8) is 0 Å². The van der Waals surface area contributed by atoms with E-state index in [0.29, 0.717) is 0 Å². The van der Waals surface area contributed by atoms with Crippen molar-refractivity contribution < 1.29 is 5.03 Å². The van der Waals surface area contributed by atoms with Crippen molar-refractivity contribution in [1.82, 2.24) is 9.97 Å². The quantitative estimate of drug-likeness (QED) is 0.385. The summed E-state index contributed by atoms with van der Waals surface area (Å²) in [7, 11) is 0. The lowest BCUT2D eigenvalue weighted by Crippen LogP contribution is -2.17. The predicted molar refractivity (Wildman–Crippen MR) is 39.9 cm³/mol. The second-order valence-corrected chi connectivity index (χ2v) is 1.89. The molecular weight excluding hydrogens is 166 g/mol. The first-order valence-electron chi connectivity index (χ1n) is 2.86. The Balaban J connectivity index is 3.01. The Morgan fingerprint density at radius 2 is 2.42 bits per heavy atom. The van der Waals surface area contributed by atoms with Crippen LogP contribution in [0.4, 0.5) is 11.8 Å². The summed E-state index contributed by atoms with van der Waals surface area (Å²) in [6.07, 6.45) is 0. The van der Waals surface area contributed by atoms with Crippen LogP contribution in [0.1, 0.15) is 0 Å². The van der Waals surface area contributed by atoms with Gasteiger partial charge in [0.15, 0.2) is 5.03 Å². The number of hydrogen-bond acceptors (Lipinski definition) is 5. The van der Waals surface area contributed by atoms with Crippen molar-refractivity contribution in [2.75, 3.05) is 11.2 Å². The third-order valence-electron chi connectivity index (χ3n) is 0.959. The maximum Gasteiger partial charge on any atom is 0.267 e. The van der Waals surface area contributed by atoms with Gasteiger partial charge in [-0.25, -0.2) is 10.1 Å². The number of aromatic amines is 1. The van der Waals surface area contributed by atoms with E-state index in [1.54, 1.807) is 5.43 Å². The highest BCUT2D eigenvalue weighted by atomic mass is 16.7. The van der Waals surface area contributed by atoms with Crippen molar-refractivity contribution in [2.45, 2.75) is 0 Å². The van der Waals surface area contributed by atoms with Gasteiger partial charge in [-0.1, -0.05) is 5.43 Å². The Bertz CT molecular complexity index is 358. The van der Waals surface area contributed by atoms with Gasteiger partial charge in [0, 0.05) is 6.07 Å². The van der Waals surface area contributed by atoms with Gasteiger partial charge in [-0.15, -0.1) is 0 Å². The number of rotatable bonds is 2. The largest absolute Gasteiger partial charge is 0.383 e. The van der Waals surface area contributed by atoms with E-state index in [1.807, 2.05) is 0 Å². The highest BCUT2D eigenvalue weighted by molar-refractivity contribution is 5.33. The lowest BCUT2D eigenvalue weighted by atomic mass is 10.6. The molecular formula is C4H5N5O3. The van der Waals surface area contributed by atoms with E-state index in [1.165, 1.54) is 0 Å². The molecule has 1 aromatic rings. The van der Waals surface area contributed by atoms with E-state index >= 15 is 0 Å². The molecule has 0 amide bonds. The third-order valence-corrected chi connectivity index (χ3v) is 0.959. The van der Waals surface area contributed by atoms with Crippen LogP contribution in [0.25, 0.3) is 0 Å². The van der Waals surface area contributed by atoms with E-state index in [9.17, 15) is 14.9 Å². The van der Waals surface area contributed by atoms with Gasteiger partial charge in [-0.3, -0.25) is 9.78 Å². The molecule has 0 saturated heterocycles. The maximum absolute atomic E-state index is 10.7. The van der Waals surface area contributed by atoms with Crippen molar-refractivity contribution in [3.8, 4) is 0 Å². The second-order valence-electron chi connectivity index (χ2n) is 1.89. The van der Waals surface area contributed by atoms with E-state index in [4.69, 9.17) is 5.73 Å². The average molecular weight is 171 g/mol. The third kappa shape index (κ3) is 1.94. The number of nitro groups is 1. The zero-order chi connectivity index (χ0) is 9.14. The van der Waals surface area contributed by atoms with Crippen molar-refractivity contribution in [3.05, 3.63) is 26.5 Å². The fourth-order valence-corrected chi connectivity index (χ4v) is 0.616. The van der Waals surface area contributed by atoms with E-state index in [2.05, 4.69) is 9.97 Å². The Labute approximate surface area is 65.5 Å². The maximum atomic E-state index is 10.7. The van der Waals surface area contributed by atoms with E-state index < -0.39 is 10.6 Å². The minimum atomic E-state index is -0.849. The summed E-state index contributed by atoms with van der Waals surface area (Å²) in [5, 5.41) is 9.03. The normalized spacial score (nSPS) is 9.33. The number of nitrogens with zero attached hydrogens (tertiary/aromatic N) is 2. The number of H-pyrrole nitrogens is 1. The minimum absolute atomic E-state index is 0.0805. The number of hydrogen-bond donors (Lipinski definition) is 3.